The minimum Gasteiger partial charge on any atom is -0.481 e. The molecule has 0 heterocycles. The number of carboxylic acid groups (broad SMARTS) is 2. The third-order valence-electron chi connectivity index (χ3n) is 1.44. The molecule has 0 aliphatic rings. The van der Waals surface area contributed by atoms with Crippen LogP contribution in [0.25, 0.3) is 0 Å². The van der Waals surface area contributed by atoms with Gasteiger partial charge in [-0.3, -0.25) is 9.59 Å². The lowest BCUT2D eigenvalue weighted by Gasteiger charge is -2.04. The molecule has 7 nitrogen and oxygen atoms in total. The number of carbonyl (C=O) groups is 3. The predicted molar refractivity (Wildman–Crippen MR) is 73.7 cm³/mol. The first-order valence-electron chi connectivity index (χ1n) is 6.46. The predicted octanol–water partition coefficient (Wildman–Crippen LogP) is 2.92. The number of carboxylic acids is 2. The van der Waals surface area contributed by atoms with Crippen LogP contribution in [0.1, 0.15) is 53.4 Å². The zero-order chi connectivity index (χ0) is 16.4. The molecule has 0 spiro atoms. The first kappa shape index (κ1) is 23.3. The first-order valence-corrected chi connectivity index (χ1v) is 6.46. The Balaban J connectivity index is -0.000000297. The van der Waals surface area contributed by atoms with Gasteiger partial charge < -0.3 is 19.7 Å². The largest absolute Gasteiger partial charge is 0.508 e. The first-order chi connectivity index (χ1) is 9.27. The van der Waals surface area contributed by atoms with Gasteiger partial charge in [-0.25, -0.2) is 4.79 Å². The number of ether oxygens (including phenoxy) is 2. The molecule has 120 valence electrons. The van der Waals surface area contributed by atoms with Crippen LogP contribution in [0.2, 0.25) is 0 Å². The Labute approximate surface area is 119 Å². The molecule has 0 fully saturated rings. The van der Waals surface area contributed by atoms with Gasteiger partial charge in [0.1, 0.15) is 0 Å². The van der Waals surface area contributed by atoms with E-state index in [2.05, 4.69) is 0 Å². The second-order valence-electron chi connectivity index (χ2n) is 3.69. The summed E-state index contributed by atoms with van der Waals surface area (Å²) in [6.07, 6.45) is 3.34. The Bertz CT molecular complexity index is 219. The Hall–Kier alpha value is -1.79. The van der Waals surface area contributed by atoms with Gasteiger partial charge in [-0.05, 0) is 12.8 Å². The summed E-state index contributed by atoms with van der Waals surface area (Å²) >= 11 is 0. The zero-order valence-corrected chi connectivity index (χ0v) is 12.7. The lowest BCUT2D eigenvalue weighted by molar-refractivity contribution is -0.135. The fraction of sp³-hybridized carbons (Fsp3) is 0.769. The number of carbonyl (C=O) groups excluding carboxylic acids is 1. The SMILES string of the molecule is CC(=O)O.CC(=O)O.CCCCOC(=O)OCCCC. The van der Waals surface area contributed by atoms with Crippen molar-refractivity contribution < 1.29 is 34.1 Å². The third kappa shape index (κ3) is 55.6. The monoisotopic (exact) mass is 294 g/mol. The van der Waals surface area contributed by atoms with Gasteiger partial charge in [0, 0.05) is 13.8 Å². The maximum atomic E-state index is 10.7. The standard InChI is InChI=1S/C9H18O3.2C2H4O2/c1-3-5-7-11-9(10)12-8-6-4-2;2*1-2(3)4/h3-8H2,1-2H3;2*1H3,(H,3,4). The lowest BCUT2D eigenvalue weighted by Crippen LogP contribution is -2.09. The number of unbranched alkanes of at least 4 members (excludes halogenated alkanes) is 2. The highest BCUT2D eigenvalue weighted by molar-refractivity contribution is 5.63. The summed E-state index contributed by atoms with van der Waals surface area (Å²) in [7, 11) is 0. The molecule has 0 aliphatic carbocycles. The minimum absolute atomic E-state index is 0.474. The molecular weight excluding hydrogens is 268 g/mol. The summed E-state index contributed by atoms with van der Waals surface area (Å²) in [4.78, 5) is 28.7. The number of aliphatic carboxylic acids is 2. The van der Waals surface area contributed by atoms with Crippen LogP contribution in [-0.2, 0) is 19.1 Å². The lowest BCUT2D eigenvalue weighted by atomic mass is 10.4. The topological polar surface area (TPSA) is 110 Å². The van der Waals surface area contributed by atoms with Crippen LogP contribution in [-0.4, -0.2) is 41.5 Å². The highest BCUT2D eigenvalue weighted by atomic mass is 16.7. The average Bonchev–Trinajstić information content (AvgIpc) is 2.28. The molecule has 2 N–H and O–H groups in total. The molecule has 0 aromatic carbocycles. The molecule has 0 amide bonds. The van der Waals surface area contributed by atoms with Crippen molar-refractivity contribution in [3.05, 3.63) is 0 Å². The number of hydrogen-bond donors (Lipinski definition) is 2. The van der Waals surface area contributed by atoms with Crippen molar-refractivity contribution in [1.82, 2.24) is 0 Å². The molecule has 7 heteroatoms. The molecule has 0 aromatic rings. The Morgan fingerprint density at radius 2 is 1.05 bits per heavy atom. The molecule has 0 atom stereocenters. The van der Waals surface area contributed by atoms with E-state index in [9.17, 15) is 4.79 Å². The molecule has 0 aromatic heterocycles. The van der Waals surface area contributed by atoms with Crippen LogP contribution in [0.3, 0.4) is 0 Å². The van der Waals surface area contributed by atoms with Crippen LogP contribution < -0.4 is 0 Å². The highest BCUT2D eigenvalue weighted by Gasteiger charge is 2.00. The van der Waals surface area contributed by atoms with E-state index in [1.54, 1.807) is 0 Å². The Morgan fingerprint density at radius 1 is 0.800 bits per heavy atom. The summed E-state index contributed by atoms with van der Waals surface area (Å²) in [6.45, 7) is 7.21. The Morgan fingerprint density at radius 3 is 1.25 bits per heavy atom. The van der Waals surface area contributed by atoms with E-state index in [-0.39, 0.29) is 0 Å². The van der Waals surface area contributed by atoms with Gasteiger partial charge in [-0.2, -0.15) is 0 Å². The maximum absolute atomic E-state index is 10.7. The van der Waals surface area contributed by atoms with Crippen molar-refractivity contribution in [2.75, 3.05) is 13.2 Å². The van der Waals surface area contributed by atoms with Gasteiger partial charge in [0.2, 0.25) is 0 Å². The molecule has 0 rings (SSSR count). The van der Waals surface area contributed by atoms with E-state index in [1.807, 2.05) is 13.8 Å². The number of hydrogen-bond acceptors (Lipinski definition) is 5. The molecule has 0 saturated carbocycles. The van der Waals surface area contributed by atoms with E-state index in [0.29, 0.717) is 13.2 Å². The normalized spacial score (nSPS) is 8.20. The van der Waals surface area contributed by atoms with Crippen molar-refractivity contribution in [3.8, 4) is 0 Å². The molecule has 0 bridgehead atoms. The third-order valence-corrected chi connectivity index (χ3v) is 1.44. The van der Waals surface area contributed by atoms with E-state index in [0.717, 1.165) is 39.5 Å². The summed E-state index contributed by atoms with van der Waals surface area (Å²) in [5, 5.41) is 14.8. The molecule has 0 radical (unpaired) electrons. The average molecular weight is 294 g/mol. The van der Waals surface area contributed by atoms with Gasteiger partial charge in [0.15, 0.2) is 0 Å². The Kier molecular flexibility index (Phi) is 22.8. The zero-order valence-electron chi connectivity index (χ0n) is 12.7. The highest BCUT2D eigenvalue weighted by Crippen LogP contribution is 1.93. The van der Waals surface area contributed by atoms with Crippen LogP contribution in [0.5, 0.6) is 0 Å². The van der Waals surface area contributed by atoms with Crippen molar-refractivity contribution in [1.29, 1.82) is 0 Å². The van der Waals surface area contributed by atoms with E-state index < -0.39 is 18.1 Å². The van der Waals surface area contributed by atoms with E-state index in [1.165, 1.54) is 0 Å². The summed E-state index contributed by atoms with van der Waals surface area (Å²) in [6, 6.07) is 0. The van der Waals surface area contributed by atoms with Crippen LogP contribution in [0.4, 0.5) is 4.79 Å². The van der Waals surface area contributed by atoms with E-state index >= 15 is 0 Å². The fourth-order valence-corrected chi connectivity index (χ4v) is 0.641. The quantitative estimate of drug-likeness (QED) is 0.572. The molecule has 0 saturated heterocycles. The smallest absolute Gasteiger partial charge is 0.481 e. The molecule has 20 heavy (non-hydrogen) atoms. The number of rotatable bonds is 6. The van der Waals surface area contributed by atoms with Gasteiger partial charge in [-0.15, -0.1) is 0 Å². The van der Waals surface area contributed by atoms with Crippen molar-refractivity contribution in [3.63, 3.8) is 0 Å². The van der Waals surface area contributed by atoms with Gasteiger partial charge in [-0.1, -0.05) is 26.7 Å². The minimum atomic E-state index is -0.833. The molecular formula is C13H26O7. The van der Waals surface area contributed by atoms with E-state index in [4.69, 9.17) is 29.3 Å². The molecule has 0 aliphatic heterocycles. The van der Waals surface area contributed by atoms with Crippen molar-refractivity contribution in [2.45, 2.75) is 53.4 Å². The summed E-state index contributed by atoms with van der Waals surface area (Å²) in [5.74, 6) is -1.67. The van der Waals surface area contributed by atoms with Gasteiger partial charge in [0.05, 0.1) is 13.2 Å². The van der Waals surface area contributed by atoms with Gasteiger partial charge >= 0.3 is 6.16 Å². The van der Waals surface area contributed by atoms with Crippen molar-refractivity contribution in [2.24, 2.45) is 0 Å². The summed E-state index contributed by atoms with van der Waals surface area (Å²) in [5.41, 5.74) is 0. The van der Waals surface area contributed by atoms with Crippen LogP contribution in [0.15, 0.2) is 0 Å². The fourth-order valence-electron chi connectivity index (χ4n) is 0.641. The van der Waals surface area contributed by atoms with Gasteiger partial charge in [0.25, 0.3) is 11.9 Å². The maximum Gasteiger partial charge on any atom is 0.508 e. The summed E-state index contributed by atoms with van der Waals surface area (Å²) < 4.78 is 9.54. The molecule has 0 unspecified atom stereocenters. The second-order valence-corrected chi connectivity index (χ2v) is 3.69. The van der Waals surface area contributed by atoms with Crippen LogP contribution in [0, 0.1) is 0 Å². The van der Waals surface area contributed by atoms with Crippen LogP contribution >= 0.6 is 0 Å². The van der Waals surface area contributed by atoms with Crippen molar-refractivity contribution >= 4 is 18.1 Å². The second kappa shape index (κ2) is 19.5.